The number of ether oxygens (including phenoxy) is 1. The molecular formula is C18H17N3O4. The molecule has 2 aromatic rings. The van der Waals surface area contributed by atoms with Crippen molar-refractivity contribution in [3.05, 3.63) is 58.7 Å². The molecule has 2 rings (SSSR count). The van der Waals surface area contributed by atoms with Crippen LogP contribution in [0.15, 0.2) is 36.4 Å². The van der Waals surface area contributed by atoms with Crippen LogP contribution in [0.25, 0.3) is 0 Å². The van der Waals surface area contributed by atoms with Crippen molar-refractivity contribution < 1.29 is 19.4 Å². The van der Waals surface area contributed by atoms with Crippen LogP contribution in [-0.2, 0) is 11.2 Å². The van der Waals surface area contributed by atoms with E-state index in [0.29, 0.717) is 22.4 Å². The van der Waals surface area contributed by atoms with E-state index < -0.39 is 5.91 Å². The Labute approximate surface area is 144 Å². The molecule has 0 bridgehead atoms. The molecule has 0 unspecified atom stereocenters. The summed E-state index contributed by atoms with van der Waals surface area (Å²) in [6.07, 6.45) is 0.285. The minimum atomic E-state index is -0.660. The lowest BCUT2D eigenvalue weighted by molar-refractivity contribution is -0.122. The van der Waals surface area contributed by atoms with Crippen LogP contribution in [0.5, 0.6) is 11.5 Å². The lowest BCUT2D eigenvalue weighted by Gasteiger charge is -2.13. The number of benzene rings is 2. The minimum absolute atomic E-state index is 0.0616. The van der Waals surface area contributed by atoms with Crippen LogP contribution in [0, 0.1) is 11.3 Å². The summed E-state index contributed by atoms with van der Waals surface area (Å²) in [4.78, 5) is 23.0. The zero-order valence-electron chi connectivity index (χ0n) is 13.6. The number of aromatic hydroxyl groups is 1. The number of nitrogens with two attached hydrogens (primary N) is 1. The molecule has 0 saturated heterocycles. The third-order valence-corrected chi connectivity index (χ3v) is 3.57. The highest BCUT2D eigenvalue weighted by Crippen LogP contribution is 2.26. The Hall–Kier alpha value is -3.53. The monoisotopic (exact) mass is 339 g/mol. The molecule has 0 aliphatic heterocycles. The Balaban J connectivity index is 2.37. The Kier molecular flexibility index (Phi) is 5.58. The lowest BCUT2D eigenvalue weighted by atomic mass is 9.97. The largest absolute Gasteiger partial charge is 0.508 e. The molecule has 0 fully saturated rings. The highest BCUT2D eigenvalue weighted by Gasteiger charge is 2.14. The molecule has 0 radical (unpaired) electrons. The Bertz CT molecular complexity index is 856. The summed E-state index contributed by atoms with van der Waals surface area (Å²) >= 11 is 0. The molecule has 128 valence electrons. The highest BCUT2D eigenvalue weighted by atomic mass is 16.5. The number of hydrogen-bond donors (Lipinski definition) is 3. The van der Waals surface area contributed by atoms with Crippen molar-refractivity contribution in [3.8, 4) is 17.6 Å². The van der Waals surface area contributed by atoms with E-state index in [1.165, 1.54) is 25.2 Å². The van der Waals surface area contributed by atoms with Gasteiger partial charge in [-0.2, -0.15) is 5.26 Å². The summed E-state index contributed by atoms with van der Waals surface area (Å²) < 4.78 is 5.50. The molecule has 0 heterocycles. The van der Waals surface area contributed by atoms with E-state index in [0.717, 1.165) is 0 Å². The first kappa shape index (κ1) is 17.8. The number of carbonyl (C=O) groups excluding carboxylic acids is 2. The number of likely N-dealkylation sites (N-methyl/N-ethyl adjacent to an activating group) is 1. The van der Waals surface area contributed by atoms with Gasteiger partial charge in [-0.05, 0) is 35.4 Å². The van der Waals surface area contributed by atoms with Gasteiger partial charge in [0, 0.05) is 19.0 Å². The second-order valence-electron chi connectivity index (χ2n) is 5.28. The van der Waals surface area contributed by atoms with Crippen LogP contribution in [-0.4, -0.2) is 30.6 Å². The quantitative estimate of drug-likeness (QED) is 0.726. The van der Waals surface area contributed by atoms with Gasteiger partial charge >= 0.3 is 0 Å². The number of phenolic OH excluding ortho intramolecular Hbond substituents is 1. The number of nitriles is 1. The van der Waals surface area contributed by atoms with Crippen molar-refractivity contribution >= 4 is 11.8 Å². The maximum atomic E-state index is 11.6. The topological polar surface area (TPSA) is 125 Å². The Morgan fingerprint density at radius 1 is 1.24 bits per heavy atom. The van der Waals surface area contributed by atoms with Gasteiger partial charge in [0.1, 0.15) is 11.5 Å². The highest BCUT2D eigenvalue weighted by molar-refractivity contribution is 5.94. The number of primary amides is 1. The van der Waals surface area contributed by atoms with E-state index in [2.05, 4.69) is 5.32 Å². The Morgan fingerprint density at radius 3 is 2.60 bits per heavy atom. The van der Waals surface area contributed by atoms with Crippen molar-refractivity contribution in [3.63, 3.8) is 0 Å². The first-order chi connectivity index (χ1) is 11.9. The van der Waals surface area contributed by atoms with Gasteiger partial charge in [0.15, 0.2) is 6.61 Å². The Morgan fingerprint density at radius 2 is 1.96 bits per heavy atom. The summed E-state index contributed by atoms with van der Waals surface area (Å²) in [5, 5.41) is 21.0. The van der Waals surface area contributed by atoms with Crippen LogP contribution in [0.1, 0.15) is 27.0 Å². The van der Waals surface area contributed by atoms with E-state index in [4.69, 9.17) is 15.7 Å². The second kappa shape index (κ2) is 7.84. The molecule has 0 spiro atoms. The molecule has 0 aliphatic carbocycles. The van der Waals surface area contributed by atoms with Crippen LogP contribution >= 0.6 is 0 Å². The van der Waals surface area contributed by atoms with Crippen LogP contribution in [0.3, 0.4) is 0 Å². The first-order valence-corrected chi connectivity index (χ1v) is 7.42. The number of nitrogens with zero attached hydrogens (tertiary/aromatic N) is 1. The lowest BCUT2D eigenvalue weighted by Crippen LogP contribution is -2.25. The normalized spacial score (nSPS) is 9.92. The number of nitrogens with one attached hydrogen (secondary N) is 1. The number of phenols is 1. The third kappa shape index (κ3) is 4.48. The van der Waals surface area contributed by atoms with Gasteiger partial charge in [-0.1, -0.05) is 12.1 Å². The molecule has 2 amide bonds. The van der Waals surface area contributed by atoms with Crippen molar-refractivity contribution in [1.82, 2.24) is 5.32 Å². The van der Waals surface area contributed by atoms with Crippen molar-refractivity contribution in [2.24, 2.45) is 5.73 Å². The zero-order valence-corrected chi connectivity index (χ0v) is 13.6. The van der Waals surface area contributed by atoms with Gasteiger partial charge in [0.2, 0.25) is 5.91 Å². The van der Waals surface area contributed by atoms with E-state index >= 15 is 0 Å². The van der Waals surface area contributed by atoms with Gasteiger partial charge in [-0.15, -0.1) is 0 Å². The fourth-order valence-electron chi connectivity index (χ4n) is 2.27. The van der Waals surface area contributed by atoms with Gasteiger partial charge in [-0.3, -0.25) is 9.59 Å². The van der Waals surface area contributed by atoms with E-state index in [1.807, 2.05) is 6.07 Å². The third-order valence-electron chi connectivity index (χ3n) is 3.57. The average molecular weight is 339 g/mol. The van der Waals surface area contributed by atoms with E-state index in [9.17, 15) is 14.7 Å². The predicted molar refractivity (Wildman–Crippen MR) is 90.1 cm³/mol. The number of amides is 2. The average Bonchev–Trinajstić information content (AvgIpc) is 2.61. The maximum absolute atomic E-state index is 11.6. The summed E-state index contributed by atoms with van der Waals surface area (Å²) in [5.41, 5.74) is 7.22. The SMILES string of the molecule is CNC(=O)COc1cc(C#N)ccc1Cc1ccc(O)cc1C(N)=O. The van der Waals surface area contributed by atoms with Crippen molar-refractivity contribution in [1.29, 1.82) is 5.26 Å². The second-order valence-corrected chi connectivity index (χ2v) is 5.28. The van der Waals surface area contributed by atoms with Crippen molar-refractivity contribution in [2.45, 2.75) is 6.42 Å². The van der Waals surface area contributed by atoms with Crippen molar-refractivity contribution in [2.75, 3.05) is 13.7 Å². The van der Waals surface area contributed by atoms with Gasteiger partial charge in [0.05, 0.1) is 11.6 Å². The molecule has 4 N–H and O–H groups in total. The molecule has 25 heavy (non-hydrogen) atoms. The maximum Gasteiger partial charge on any atom is 0.257 e. The summed E-state index contributed by atoms with van der Waals surface area (Å²) in [6, 6.07) is 11.2. The zero-order chi connectivity index (χ0) is 18.4. The van der Waals surface area contributed by atoms with Gasteiger partial charge in [-0.25, -0.2) is 0 Å². The van der Waals surface area contributed by atoms with E-state index in [1.54, 1.807) is 18.2 Å². The summed E-state index contributed by atoms with van der Waals surface area (Å²) in [7, 11) is 1.49. The minimum Gasteiger partial charge on any atom is -0.508 e. The molecule has 7 nitrogen and oxygen atoms in total. The first-order valence-electron chi connectivity index (χ1n) is 7.42. The summed E-state index contributed by atoms with van der Waals surface area (Å²) in [5.74, 6) is -0.664. The number of carbonyl (C=O) groups is 2. The van der Waals surface area contributed by atoms with Crippen LogP contribution in [0.4, 0.5) is 0 Å². The summed E-state index contributed by atoms with van der Waals surface area (Å²) in [6.45, 7) is -0.198. The van der Waals surface area contributed by atoms with Crippen LogP contribution in [0.2, 0.25) is 0 Å². The smallest absolute Gasteiger partial charge is 0.257 e. The van der Waals surface area contributed by atoms with Gasteiger partial charge < -0.3 is 20.9 Å². The number of rotatable bonds is 6. The molecule has 0 aromatic heterocycles. The molecule has 0 atom stereocenters. The fraction of sp³-hybridized carbons (Fsp3) is 0.167. The fourth-order valence-corrected chi connectivity index (χ4v) is 2.27. The molecule has 7 heteroatoms. The molecule has 0 aliphatic rings. The van der Waals surface area contributed by atoms with Gasteiger partial charge in [0.25, 0.3) is 5.91 Å². The standard InChI is InChI=1S/C18H17N3O4/c1-21-17(23)10-25-16-6-11(9-19)2-3-13(16)7-12-4-5-14(22)8-15(12)18(20)24/h2-6,8,22H,7,10H2,1H3,(H2,20,24)(H,21,23). The number of hydrogen-bond acceptors (Lipinski definition) is 5. The van der Waals surface area contributed by atoms with E-state index in [-0.39, 0.29) is 30.2 Å². The molecular weight excluding hydrogens is 322 g/mol. The predicted octanol–water partition coefficient (Wildman–Crippen LogP) is 1.08. The van der Waals surface area contributed by atoms with Crippen LogP contribution < -0.4 is 15.8 Å². The molecule has 2 aromatic carbocycles. The molecule has 0 saturated carbocycles.